The Kier molecular flexibility index (Phi) is 10.4. The van der Waals surface area contributed by atoms with Gasteiger partial charge in [-0.05, 0) is 65.0 Å². The molecule has 6 atom stereocenters. The van der Waals surface area contributed by atoms with E-state index >= 15 is 0 Å². The van der Waals surface area contributed by atoms with Crippen LogP contribution in [0.2, 0.25) is 0 Å². The minimum absolute atomic E-state index is 0.447. The van der Waals surface area contributed by atoms with E-state index in [0.717, 1.165) is 12.8 Å². The van der Waals surface area contributed by atoms with Gasteiger partial charge in [0.15, 0.2) is 12.2 Å². The van der Waals surface area contributed by atoms with Crippen molar-refractivity contribution in [3.05, 3.63) is 24.7 Å². The van der Waals surface area contributed by atoms with Crippen molar-refractivity contribution in [2.45, 2.75) is 75.0 Å². The molecular weight excluding hydrogens is 420 g/mol. The molecule has 4 heterocycles. The largest absolute Gasteiger partial charge is 0.496 e. The van der Waals surface area contributed by atoms with E-state index in [1.807, 2.05) is 12.5 Å². The average Bonchev–Trinajstić information content (AvgIpc) is 3.54. The number of aliphatic hydroxyl groups is 2. The van der Waals surface area contributed by atoms with Crippen molar-refractivity contribution in [1.82, 2.24) is 9.80 Å². The molecule has 0 aromatic carbocycles. The Labute approximate surface area is 188 Å². The maximum absolute atomic E-state index is 9.77. The Bertz CT molecular complexity index is 598. The first kappa shape index (κ1) is 26.1. The molecule has 182 valence electrons. The molecule has 4 N–H and O–H groups in total. The number of carboxylic acids is 2. The highest BCUT2D eigenvalue weighted by atomic mass is 16.5. The van der Waals surface area contributed by atoms with Gasteiger partial charge in [0.25, 0.3) is 0 Å². The second-order valence-electron chi connectivity index (χ2n) is 8.51. The monoisotopic (exact) mass is 456 g/mol. The summed E-state index contributed by atoms with van der Waals surface area (Å²) in [7, 11) is 4.39. The molecule has 4 aliphatic heterocycles. The molecule has 10 nitrogen and oxygen atoms in total. The smallest absolute Gasteiger partial charge is 0.335 e. The van der Waals surface area contributed by atoms with Gasteiger partial charge in [0.05, 0.1) is 12.5 Å². The third-order valence-electron chi connectivity index (χ3n) is 6.25. The van der Waals surface area contributed by atoms with Gasteiger partial charge >= 0.3 is 11.9 Å². The number of aliphatic hydroxyl groups excluding tert-OH is 2. The fourth-order valence-corrected chi connectivity index (χ4v) is 4.38. The normalized spacial score (nSPS) is 31.0. The fraction of sp³-hybridized carbons (Fsp3) is 0.727. The van der Waals surface area contributed by atoms with Crippen molar-refractivity contribution in [2.24, 2.45) is 0 Å². The highest BCUT2D eigenvalue weighted by Crippen LogP contribution is 2.25. The van der Waals surface area contributed by atoms with Gasteiger partial charge in [-0.3, -0.25) is 9.80 Å². The molecule has 32 heavy (non-hydrogen) atoms. The van der Waals surface area contributed by atoms with Crippen LogP contribution in [-0.4, -0.2) is 106 Å². The Balaban J connectivity index is 0.000000171. The van der Waals surface area contributed by atoms with Crippen LogP contribution in [0.4, 0.5) is 0 Å². The van der Waals surface area contributed by atoms with E-state index in [4.69, 9.17) is 29.9 Å². The molecule has 0 saturated carbocycles. The first-order valence-electron chi connectivity index (χ1n) is 11.1. The van der Waals surface area contributed by atoms with Crippen LogP contribution in [0.3, 0.4) is 0 Å². The number of hydrogen-bond donors (Lipinski definition) is 4. The second kappa shape index (κ2) is 12.8. The molecule has 2 saturated heterocycles. The van der Waals surface area contributed by atoms with Crippen LogP contribution in [-0.2, 0) is 19.1 Å². The molecule has 0 bridgehead atoms. The first-order chi connectivity index (χ1) is 15.2. The number of likely N-dealkylation sites (tertiary alicyclic amines) is 2. The molecule has 0 amide bonds. The first-order valence-corrected chi connectivity index (χ1v) is 11.1. The van der Waals surface area contributed by atoms with Crippen LogP contribution in [0.25, 0.3) is 0 Å². The molecule has 4 unspecified atom stereocenters. The Morgan fingerprint density at radius 2 is 1.19 bits per heavy atom. The van der Waals surface area contributed by atoms with E-state index in [1.54, 1.807) is 0 Å². The lowest BCUT2D eigenvalue weighted by molar-refractivity contribution is -0.165. The van der Waals surface area contributed by atoms with Gasteiger partial charge in [-0.25, -0.2) is 9.59 Å². The van der Waals surface area contributed by atoms with Gasteiger partial charge in [-0.1, -0.05) is 0 Å². The van der Waals surface area contributed by atoms with Crippen LogP contribution < -0.4 is 0 Å². The fourth-order valence-electron chi connectivity index (χ4n) is 4.38. The Morgan fingerprint density at radius 1 is 0.812 bits per heavy atom. The van der Waals surface area contributed by atoms with Crippen molar-refractivity contribution in [2.75, 3.05) is 27.2 Å². The van der Waals surface area contributed by atoms with Crippen LogP contribution in [0.1, 0.15) is 38.5 Å². The number of carboxylic acid groups (broad SMARTS) is 2. The molecular formula is C22H36N2O8. The van der Waals surface area contributed by atoms with Crippen LogP contribution in [0.15, 0.2) is 24.7 Å². The Hall–Kier alpha value is -2.14. The van der Waals surface area contributed by atoms with Gasteiger partial charge in [0.2, 0.25) is 0 Å². The molecule has 4 rings (SSSR count). The molecule has 4 aliphatic rings. The SMILES string of the molecule is CN1CCCC1[C@@H]1CC=CO1.CN1CCCC1[C@@H]1CC=CO1.O=C(O)C(O)C(O)C(=O)O. The zero-order chi connectivity index (χ0) is 23.7. The van der Waals surface area contributed by atoms with Gasteiger partial charge < -0.3 is 29.9 Å². The van der Waals surface area contributed by atoms with Crippen molar-refractivity contribution < 1.29 is 39.5 Å². The molecule has 0 radical (unpaired) electrons. The van der Waals surface area contributed by atoms with Crippen LogP contribution >= 0.6 is 0 Å². The third kappa shape index (κ3) is 7.47. The summed E-state index contributed by atoms with van der Waals surface area (Å²) in [5, 5.41) is 32.5. The van der Waals surface area contributed by atoms with E-state index in [1.165, 1.54) is 38.8 Å². The predicted molar refractivity (Wildman–Crippen MR) is 116 cm³/mol. The lowest BCUT2D eigenvalue weighted by Gasteiger charge is -2.24. The summed E-state index contributed by atoms with van der Waals surface area (Å²) in [6, 6.07) is 1.34. The minimum Gasteiger partial charge on any atom is -0.496 e. The maximum Gasteiger partial charge on any atom is 0.335 e. The number of ether oxygens (including phenoxy) is 2. The molecule has 0 aliphatic carbocycles. The second-order valence-corrected chi connectivity index (χ2v) is 8.51. The molecule has 0 aromatic heterocycles. The maximum atomic E-state index is 9.77. The standard InChI is InChI=1S/2C9H15NO.C4H6O6/c2*1-10-6-2-4-8(10)9-5-3-7-11-9;5-1(3(7)8)2(6)4(9)10/h2*3,7-9H,2,4-6H2,1H3;1-2,5-6H,(H,7,8)(H,9,10)/t2*8?,9-;/m00./s1. The summed E-state index contributed by atoms with van der Waals surface area (Å²) in [5.41, 5.74) is 0. The minimum atomic E-state index is -2.27. The van der Waals surface area contributed by atoms with Crippen LogP contribution in [0, 0.1) is 0 Å². The quantitative estimate of drug-likeness (QED) is 0.466. The number of likely N-dealkylation sites (N-methyl/N-ethyl adjacent to an activating group) is 2. The number of nitrogens with zero attached hydrogens (tertiary/aromatic N) is 2. The number of hydrogen-bond acceptors (Lipinski definition) is 8. The van der Waals surface area contributed by atoms with Crippen molar-refractivity contribution in [3.8, 4) is 0 Å². The topological polar surface area (TPSA) is 140 Å². The number of carbonyl (C=O) groups is 2. The summed E-state index contributed by atoms with van der Waals surface area (Å²) in [4.78, 5) is 24.4. The molecule has 10 heteroatoms. The average molecular weight is 457 g/mol. The third-order valence-corrected chi connectivity index (χ3v) is 6.25. The number of aliphatic carboxylic acids is 2. The van der Waals surface area contributed by atoms with Crippen molar-refractivity contribution in [3.63, 3.8) is 0 Å². The lowest BCUT2D eigenvalue weighted by atomic mass is 10.1. The van der Waals surface area contributed by atoms with Gasteiger partial charge in [-0.2, -0.15) is 0 Å². The molecule has 2 fully saturated rings. The van der Waals surface area contributed by atoms with E-state index in [9.17, 15) is 9.59 Å². The Morgan fingerprint density at radius 3 is 1.41 bits per heavy atom. The molecule has 0 aromatic rings. The van der Waals surface area contributed by atoms with E-state index < -0.39 is 24.1 Å². The summed E-state index contributed by atoms with van der Waals surface area (Å²) in [5.74, 6) is -3.54. The van der Waals surface area contributed by atoms with Crippen LogP contribution in [0.5, 0.6) is 0 Å². The predicted octanol–water partition coefficient (Wildman–Crippen LogP) is 0.644. The summed E-state index contributed by atoms with van der Waals surface area (Å²) in [6.07, 6.45) is 11.8. The summed E-state index contributed by atoms with van der Waals surface area (Å²) < 4.78 is 11.0. The van der Waals surface area contributed by atoms with Gasteiger partial charge in [0, 0.05) is 24.9 Å². The van der Waals surface area contributed by atoms with E-state index in [-0.39, 0.29) is 0 Å². The lowest BCUT2D eigenvalue weighted by Crippen LogP contribution is -2.39. The van der Waals surface area contributed by atoms with Gasteiger partial charge in [-0.15, -0.1) is 0 Å². The summed E-state index contributed by atoms with van der Waals surface area (Å²) >= 11 is 0. The highest BCUT2D eigenvalue weighted by Gasteiger charge is 2.32. The van der Waals surface area contributed by atoms with Crippen molar-refractivity contribution in [1.29, 1.82) is 0 Å². The van der Waals surface area contributed by atoms with Crippen molar-refractivity contribution >= 4 is 11.9 Å². The zero-order valence-electron chi connectivity index (χ0n) is 18.7. The zero-order valence-corrected chi connectivity index (χ0v) is 18.7. The van der Waals surface area contributed by atoms with E-state index in [0.29, 0.717) is 24.3 Å². The number of rotatable bonds is 5. The van der Waals surface area contributed by atoms with Gasteiger partial charge in [0.1, 0.15) is 12.2 Å². The highest BCUT2D eigenvalue weighted by molar-refractivity contribution is 5.83. The summed E-state index contributed by atoms with van der Waals surface area (Å²) in [6.45, 7) is 2.48. The van der Waals surface area contributed by atoms with E-state index in [2.05, 4.69) is 36.0 Å². The molecule has 0 spiro atoms.